The van der Waals surface area contributed by atoms with Crippen molar-refractivity contribution in [1.82, 2.24) is 15.2 Å². The Labute approximate surface area is 155 Å². The highest BCUT2D eigenvalue weighted by Crippen LogP contribution is 2.46. The summed E-state index contributed by atoms with van der Waals surface area (Å²) in [4.78, 5) is 4.70. The van der Waals surface area contributed by atoms with Gasteiger partial charge in [0.1, 0.15) is 0 Å². The van der Waals surface area contributed by atoms with E-state index < -0.39 is 0 Å². The van der Waals surface area contributed by atoms with Crippen LogP contribution in [0.3, 0.4) is 0 Å². The van der Waals surface area contributed by atoms with Gasteiger partial charge in [-0.3, -0.25) is 5.10 Å². The van der Waals surface area contributed by atoms with Crippen molar-refractivity contribution >= 4 is 16.6 Å². The van der Waals surface area contributed by atoms with Crippen LogP contribution in [0.4, 0.5) is 0 Å². The molecule has 3 nitrogen and oxygen atoms in total. The van der Waals surface area contributed by atoms with Crippen LogP contribution in [0.5, 0.6) is 0 Å². The molecule has 0 bridgehead atoms. The number of hydrogen-bond acceptors (Lipinski definition) is 2. The molecule has 0 spiro atoms. The highest BCUT2D eigenvalue weighted by atomic mass is 15.1. The van der Waals surface area contributed by atoms with Gasteiger partial charge in [-0.1, -0.05) is 76.3 Å². The number of benzene rings is 1. The lowest BCUT2D eigenvalue weighted by Gasteiger charge is -2.05. The second-order valence-corrected chi connectivity index (χ2v) is 6.08. The summed E-state index contributed by atoms with van der Waals surface area (Å²) < 4.78 is 0. The molecule has 1 fully saturated rings. The number of allylic oxidation sites excluding steroid dienone is 4. The Morgan fingerprint density at radius 3 is 2.42 bits per heavy atom. The van der Waals surface area contributed by atoms with E-state index in [1.165, 1.54) is 12.0 Å². The number of aromatic amines is 1. The molecule has 0 aliphatic heterocycles. The molecule has 0 radical (unpaired) electrons. The summed E-state index contributed by atoms with van der Waals surface area (Å²) in [5.41, 5.74) is 5.19. The third-order valence-corrected chi connectivity index (χ3v) is 4.58. The van der Waals surface area contributed by atoms with Crippen LogP contribution in [0.25, 0.3) is 27.9 Å². The van der Waals surface area contributed by atoms with E-state index in [1.54, 1.807) is 0 Å². The van der Waals surface area contributed by atoms with Crippen LogP contribution >= 0.6 is 0 Å². The number of pyridine rings is 1. The molecule has 2 unspecified atom stereocenters. The highest BCUT2D eigenvalue weighted by molar-refractivity contribution is 5.92. The highest BCUT2D eigenvalue weighted by Gasteiger charge is 2.35. The average Bonchev–Trinajstić information content (AvgIpc) is 3.40. The summed E-state index contributed by atoms with van der Waals surface area (Å²) in [6.45, 7) is 8.00. The van der Waals surface area contributed by atoms with Crippen LogP contribution in [0.1, 0.15) is 39.8 Å². The van der Waals surface area contributed by atoms with Crippen molar-refractivity contribution in [2.45, 2.75) is 34.1 Å². The second kappa shape index (κ2) is 8.13. The first kappa shape index (κ1) is 18.1. The fourth-order valence-corrected chi connectivity index (χ4v) is 3.22. The molecular weight excluding hydrogens is 318 g/mol. The average molecular weight is 345 g/mol. The summed E-state index contributed by atoms with van der Waals surface area (Å²) in [6.07, 6.45) is 8.19. The molecule has 2 aliphatic carbocycles. The van der Waals surface area contributed by atoms with Gasteiger partial charge in [-0.05, 0) is 36.0 Å². The number of nitrogens with zero attached hydrogens (tertiary/aromatic N) is 2. The number of fused-ring (bicyclic) bond motifs is 2. The zero-order chi connectivity index (χ0) is 18.5. The van der Waals surface area contributed by atoms with Gasteiger partial charge in [0.2, 0.25) is 0 Å². The van der Waals surface area contributed by atoms with Crippen molar-refractivity contribution < 1.29 is 0 Å². The van der Waals surface area contributed by atoms with Crippen LogP contribution in [0, 0.1) is 11.8 Å². The standard InChI is InChI=1S/C19H15N3.2C2H6/c1-2-4-12(5-3-1)17-9-8-16-18(21-22-19(16)20-17)14-7-6-13-10-15(13)11-14;2*1-2/h1-9,11,13,15H,10H2,(H,20,21,22);2*1-2H3. The fourth-order valence-electron chi connectivity index (χ4n) is 3.22. The van der Waals surface area contributed by atoms with E-state index in [0.29, 0.717) is 0 Å². The molecular formula is C23H27N3. The molecule has 2 heterocycles. The van der Waals surface area contributed by atoms with Gasteiger partial charge < -0.3 is 0 Å². The third-order valence-electron chi connectivity index (χ3n) is 4.58. The van der Waals surface area contributed by atoms with Crippen LogP contribution in [0.2, 0.25) is 0 Å². The summed E-state index contributed by atoms with van der Waals surface area (Å²) in [5.74, 6) is 1.51. The zero-order valence-corrected chi connectivity index (χ0v) is 16.0. The largest absolute Gasteiger partial charge is 0.275 e. The van der Waals surface area contributed by atoms with Crippen LogP contribution in [0.15, 0.2) is 60.7 Å². The molecule has 2 atom stereocenters. The minimum Gasteiger partial charge on any atom is -0.275 e. The van der Waals surface area contributed by atoms with E-state index >= 15 is 0 Å². The van der Waals surface area contributed by atoms with E-state index in [4.69, 9.17) is 4.98 Å². The second-order valence-electron chi connectivity index (χ2n) is 6.08. The Hall–Kier alpha value is -2.68. The van der Waals surface area contributed by atoms with E-state index in [-0.39, 0.29) is 0 Å². The molecule has 0 amide bonds. The van der Waals surface area contributed by atoms with Gasteiger partial charge in [0.15, 0.2) is 5.65 Å². The summed E-state index contributed by atoms with van der Waals surface area (Å²) in [6, 6.07) is 14.4. The molecule has 2 aromatic heterocycles. The first-order valence-corrected chi connectivity index (χ1v) is 9.69. The van der Waals surface area contributed by atoms with Gasteiger partial charge in [0.25, 0.3) is 0 Å². The van der Waals surface area contributed by atoms with Crippen molar-refractivity contribution in [3.05, 3.63) is 66.4 Å². The van der Waals surface area contributed by atoms with E-state index in [0.717, 1.165) is 39.8 Å². The third kappa shape index (κ3) is 3.48. The monoisotopic (exact) mass is 345 g/mol. The van der Waals surface area contributed by atoms with Crippen molar-refractivity contribution in [3.8, 4) is 11.3 Å². The normalized spacial score (nSPS) is 19.5. The number of H-pyrrole nitrogens is 1. The Morgan fingerprint density at radius 2 is 1.69 bits per heavy atom. The summed E-state index contributed by atoms with van der Waals surface area (Å²) >= 11 is 0. The minimum atomic E-state index is 0.731. The first-order chi connectivity index (χ1) is 12.9. The van der Waals surface area contributed by atoms with Crippen molar-refractivity contribution in [1.29, 1.82) is 0 Å². The van der Waals surface area contributed by atoms with Gasteiger partial charge >= 0.3 is 0 Å². The molecule has 1 aromatic carbocycles. The topological polar surface area (TPSA) is 41.6 Å². The molecule has 3 aromatic rings. The molecule has 1 saturated carbocycles. The maximum Gasteiger partial charge on any atom is 0.182 e. The van der Waals surface area contributed by atoms with Gasteiger partial charge in [0.05, 0.1) is 11.4 Å². The van der Waals surface area contributed by atoms with E-state index in [1.807, 2.05) is 45.9 Å². The van der Waals surface area contributed by atoms with Crippen molar-refractivity contribution in [2.75, 3.05) is 0 Å². The summed E-state index contributed by atoms with van der Waals surface area (Å²) in [5, 5.41) is 8.67. The predicted octanol–water partition coefficient (Wildman–Crippen LogP) is 6.27. The quantitative estimate of drug-likeness (QED) is 0.595. The maximum absolute atomic E-state index is 4.70. The Kier molecular flexibility index (Phi) is 5.67. The SMILES string of the molecule is C1=CC2CC2C=C1c1[nH]nc2nc(-c3ccccc3)ccc12.CC.CC. The zero-order valence-electron chi connectivity index (χ0n) is 16.0. The van der Waals surface area contributed by atoms with E-state index in [9.17, 15) is 0 Å². The lowest BCUT2D eigenvalue weighted by Crippen LogP contribution is -1.89. The summed E-state index contributed by atoms with van der Waals surface area (Å²) in [7, 11) is 0. The number of aromatic nitrogens is 3. The maximum atomic E-state index is 4.70. The van der Waals surface area contributed by atoms with Gasteiger partial charge in [-0.15, -0.1) is 0 Å². The number of hydrogen-bond donors (Lipinski definition) is 1. The lowest BCUT2D eigenvalue weighted by atomic mass is 10.0. The van der Waals surface area contributed by atoms with Crippen LogP contribution < -0.4 is 0 Å². The number of rotatable bonds is 2. The lowest BCUT2D eigenvalue weighted by molar-refractivity contribution is 0.980. The fraction of sp³-hybridized carbons (Fsp3) is 0.304. The van der Waals surface area contributed by atoms with Crippen LogP contribution in [-0.2, 0) is 0 Å². The minimum absolute atomic E-state index is 0.731. The Morgan fingerprint density at radius 1 is 0.923 bits per heavy atom. The molecule has 0 saturated heterocycles. The van der Waals surface area contributed by atoms with Crippen molar-refractivity contribution in [2.24, 2.45) is 11.8 Å². The molecule has 5 rings (SSSR count). The van der Waals surface area contributed by atoms with Crippen molar-refractivity contribution in [3.63, 3.8) is 0 Å². The Bertz CT molecular complexity index is 919. The molecule has 134 valence electrons. The van der Waals surface area contributed by atoms with Gasteiger partial charge in [-0.25, -0.2) is 4.98 Å². The molecule has 2 aliphatic rings. The van der Waals surface area contributed by atoms with Crippen LogP contribution in [-0.4, -0.2) is 15.2 Å². The van der Waals surface area contributed by atoms with Gasteiger partial charge in [-0.2, -0.15) is 5.10 Å². The smallest absolute Gasteiger partial charge is 0.182 e. The Balaban J connectivity index is 0.000000461. The molecule has 3 heteroatoms. The molecule has 26 heavy (non-hydrogen) atoms. The molecule has 1 N–H and O–H groups in total. The van der Waals surface area contributed by atoms with Gasteiger partial charge in [0, 0.05) is 10.9 Å². The first-order valence-electron chi connectivity index (χ1n) is 9.69. The van der Waals surface area contributed by atoms with E-state index in [2.05, 4.69) is 52.7 Å². The number of nitrogens with one attached hydrogen (secondary N) is 1. The predicted molar refractivity (Wildman–Crippen MR) is 111 cm³/mol.